The van der Waals surface area contributed by atoms with Crippen LogP contribution in [0.4, 0.5) is 0 Å². The molecule has 3 rings (SSSR count). The molecule has 7 nitrogen and oxygen atoms in total. The van der Waals surface area contributed by atoms with Crippen molar-refractivity contribution in [1.82, 2.24) is 15.0 Å². The lowest BCUT2D eigenvalue weighted by Crippen LogP contribution is -2.34. The molecular formula is C15H19N3O4. The molecule has 0 bridgehead atoms. The standard InChI is InChI=1S/C15H19N3O4/c1-4-12-16-14(22-17-12)15(20)5-6-18(8-15)13(19)11-7-9(2)21-10(11)3/h7,20H,4-6,8H2,1-3H3. The monoisotopic (exact) mass is 305 g/mol. The van der Waals surface area contributed by atoms with Crippen molar-refractivity contribution >= 4 is 5.91 Å². The molecule has 0 radical (unpaired) electrons. The van der Waals surface area contributed by atoms with Crippen LogP contribution in [0.3, 0.4) is 0 Å². The Morgan fingerprint density at radius 3 is 2.86 bits per heavy atom. The molecule has 2 aromatic rings. The van der Waals surface area contributed by atoms with E-state index in [0.717, 1.165) is 0 Å². The van der Waals surface area contributed by atoms with Crippen molar-refractivity contribution < 1.29 is 18.8 Å². The number of aliphatic hydroxyl groups is 1. The van der Waals surface area contributed by atoms with Crippen LogP contribution in [0.25, 0.3) is 0 Å². The molecule has 2 aromatic heterocycles. The molecule has 22 heavy (non-hydrogen) atoms. The van der Waals surface area contributed by atoms with Gasteiger partial charge in [0, 0.05) is 19.4 Å². The summed E-state index contributed by atoms with van der Waals surface area (Å²) in [6.45, 7) is 6.04. The first-order chi connectivity index (χ1) is 10.4. The van der Waals surface area contributed by atoms with E-state index < -0.39 is 5.60 Å². The Kier molecular flexibility index (Phi) is 3.52. The highest BCUT2D eigenvalue weighted by Gasteiger charge is 2.44. The first-order valence-corrected chi connectivity index (χ1v) is 7.34. The molecule has 0 spiro atoms. The normalized spacial score (nSPS) is 21.5. The number of furan rings is 1. The minimum absolute atomic E-state index is 0.140. The van der Waals surface area contributed by atoms with Gasteiger partial charge in [0.15, 0.2) is 11.4 Å². The van der Waals surface area contributed by atoms with Crippen LogP contribution < -0.4 is 0 Å². The topological polar surface area (TPSA) is 92.6 Å². The molecule has 0 saturated carbocycles. The van der Waals surface area contributed by atoms with Gasteiger partial charge in [-0.3, -0.25) is 4.79 Å². The number of rotatable bonds is 3. The van der Waals surface area contributed by atoms with Crippen LogP contribution in [0.15, 0.2) is 15.0 Å². The highest BCUT2D eigenvalue weighted by Crippen LogP contribution is 2.32. The molecule has 1 N–H and O–H groups in total. The number of aryl methyl sites for hydroxylation is 3. The maximum Gasteiger partial charge on any atom is 0.260 e. The molecule has 1 fully saturated rings. The lowest BCUT2D eigenvalue weighted by molar-refractivity contribution is 0.0136. The van der Waals surface area contributed by atoms with E-state index in [4.69, 9.17) is 8.94 Å². The second-order valence-corrected chi connectivity index (χ2v) is 5.70. The van der Waals surface area contributed by atoms with E-state index in [1.165, 1.54) is 0 Å². The van der Waals surface area contributed by atoms with Crippen molar-refractivity contribution in [3.05, 3.63) is 34.9 Å². The SMILES string of the molecule is CCc1noc(C2(O)CCN(C(=O)c3cc(C)oc3C)C2)n1. The van der Waals surface area contributed by atoms with Crippen LogP contribution >= 0.6 is 0 Å². The predicted molar refractivity (Wildman–Crippen MR) is 76.3 cm³/mol. The highest BCUT2D eigenvalue weighted by atomic mass is 16.5. The van der Waals surface area contributed by atoms with Gasteiger partial charge in [0.25, 0.3) is 11.8 Å². The minimum atomic E-state index is -1.28. The summed E-state index contributed by atoms with van der Waals surface area (Å²) < 4.78 is 10.5. The molecule has 1 aliphatic heterocycles. The van der Waals surface area contributed by atoms with Gasteiger partial charge in [0.2, 0.25) is 0 Å². The van der Waals surface area contributed by atoms with Gasteiger partial charge < -0.3 is 18.9 Å². The number of nitrogens with zero attached hydrogens (tertiary/aromatic N) is 3. The third-order valence-electron chi connectivity index (χ3n) is 3.99. The molecule has 1 unspecified atom stereocenters. The van der Waals surface area contributed by atoms with Crippen molar-refractivity contribution in [3.63, 3.8) is 0 Å². The molecule has 0 aliphatic carbocycles. The third kappa shape index (κ3) is 2.41. The molecule has 1 saturated heterocycles. The van der Waals surface area contributed by atoms with Crippen molar-refractivity contribution in [2.75, 3.05) is 13.1 Å². The summed E-state index contributed by atoms with van der Waals surface area (Å²) in [5.74, 6) is 1.86. The Morgan fingerprint density at radius 1 is 1.50 bits per heavy atom. The molecule has 118 valence electrons. The van der Waals surface area contributed by atoms with E-state index in [2.05, 4.69) is 10.1 Å². The number of hydrogen-bond acceptors (Lipinski definition) is 6. The fourth-order valence-corrected chi connectivity index (χ4v) is 2.74. The number of carbonyl (C=O) groups excluding carboxylic acids is 1. The molecule has 1 aliphatic rings. The average molecular weight is 305 g/mol. The zero-order chi connectivity index (χ0) is 15.9. The van der Waals surface area contributed by atoms with E-state index in [1.807, 2.05) is 6.92 Å². The Bertz CT molecular complexity index is 705. The number of carbonyl (C=O) groups is 1. The van der Waals surface area contributed by atoms with E-state index in [1.54, 1.807) is 24.8 Å². The van der Waals surface area contributed by atoms with Crippen LogP contribution in [-0.2, 0) is 12.0 Å². The third-order valence-corrected chi connectivity index (χ3v) is 3.99. The zero-order valence-corrected chi connectivity index (χ0v) is 12.9. The minimum Gasteiger partial charge on any atom is -0.466 e. The fraction of sp³-hybridized carbons (Fsp3) is 0.533. The molecule has 3 heterocycles. The molecule has 7 heteroatoms. The van der Waals surface area contributed by atoms with Crippen LogP contribution in [0.1, 0.15) is 46.9 Å². The van der Waals surface area contributed by atoms with Crippen molar-refractivity contribution in [2.24, 2.45) is 0 Å². The first-order valence-electron chi connectivity index (χ1n) is 7.34. The van der Waals surface area contributed by atoms with Crippen molar-refractivity contribution in [3.8, 4) is 0 Å². The van der Waals surface area contributed by atoms with Crippen LogP contribution in [0.2, 0.25) is 0 Å². The Labute approximate surface area is 127 Å². The van der Waals surface area contributed by atoms with Gasteiger partial charge in [-0.05, 0) is 19.9 Å². The number of amides is 1. The van der Waals surface area contributed by atoms with Crippen molar-refractivity contribution in [1.29, 1.82) is 0 Å². The van der Waals surface area contributed by atoms with Gasteiger partial charge in [-0.2, -0.15) is 4.98 Å². The smallest absolute Gasteiger partial charge is 0.260 e. The fourth-order valence-electron chi connectivity index (χ4n) is 2.74. The van der Waals surface area contributed by atoms with E-state index in [-0.39, 0.29) is 18.3 Å². The van der Waals surface area contributed by atoms with Crippen LogP contribution in [0.5, 0.6) is 0 Å². The summed E-state index contributed by atoms with van der Waals surface area (Å²) >= 11 is 0. The maximum absolute atomic E-state index is 12.5. The number of β-amino-alcohol motifs (C(OH)–C–C–N with tert-alkyl or cyclic N) is 1. The second-order valence-electron chi connectivity index (χ2n) is 5.70. The van der Waals surface area contributed by atoms with Gasteiger partial charge in [-0.15, -0.1) is 0 Å². The largest absolute Gasteiger partial charge is 0.466 e. The van der Waals surface area contributed by atoms with E-state index in [9.17, 15) is 9.90 Å². The summed E-state index contributed by atoms with van der Waals surface area (Å²) in [5, 5.41) is 14.5. The molecular weight excluding hydrogens is 286 g/mol. The lowest BCUT2D eigenvalue weighted by Gasteiger charge is -2.19. The number of hydrogen-bond donors (Lipinski definition) is 1. The second kappa shape index (κ2) is 5.24. The van der Waals surface area contributed by atoms with E-state index >= 15 is 0 Å². The van der Waals surface area contributed by atoms with Crippen molar-refractivity contribution in [2.45, 2.75) is 39.2 Å². The van der Waals surface area contributed by atoms with Gasteiger partial charge >= 0.3 is 0 Å². The summed E-state index contributed by atoms with van der Waals surface area (Å²) in [4.78, 5) is 18.3. The number of aromatic nitrogens is 2. The lowest BCUT2D eigenvalue weighted by atomic mass is 10.0. The van der Waals surface area contributed by atoms with Crippen LogP contribution in [-0.4, -0.2) is 39.1 Å². The summed E-state index contributed by atoms with van der Waals surface area (Å²) in [6.07, 6.45) is 1.01. The van der Waals surface area contributed by atoms with E-state index in [0.29, 0.717) is 42.3 Å². The Balaban J connectivity index is 1.79. The molecule has 1 atom stereocenters. The van der Waals surface area contributed by atoms with Gasteiger partial charge in [-0.25, -0.2) is 0 Å². The quantitative estimate of drug-likeness (QED) is 0.925. The molecule has 0 aromatic carbocycles. The summed E-state index contributed by atoms with van der Waals surface area (Å²) in [5.41, 5.74) is -0.746. The maximum atomic E-state index is 12.5. The Morgan fingerprint density at radius 2 is 2.27 bits per heavy atom. The van der Waals surface area contributed by atoms with Gasteiger partial charge in [0.05, 0.1) is 12.1 Å². The van der Waals surface area contributed by atoms with Gasteiger partial charge in [0.1, 0.15) is 11.5 Å². The van der Waals surface area contributed by atoms with Gasteiger partial charge in [-0.1, -0.05) is 12.1 Å². The first kappa shape index (κ1) is 14.8. The number of likely N-dealkylation sites (tertiary alicyclic amines) is 1. The summed E-state index contributed by atoms with van der Waals surface area (Å²) in [7, 11) is 0. The Hall–Kier alpha value is -2.15. The van der Waals surface area contributed by atoms with Crippen LogP contribution in [0, 0.1) is 13.8 Å². The summed E-state index contributed by atoms with van der Waals surface area (Å²) in [6, 6.07) is 1.72. The molecule has 1 amide bonds. The zero-order valence-electron chi connectivity index (χ0n) is 12.9. The highest BCUT2D eigenvalue weighted by molar-refractivity contribution is 5.95. The predicted octanol–water partition coefficient (Wildman–Crippen LogP) is 1.58. The average Bonchev–Trinajstić information content (AvgIpc) is 3.17.